The number of amides is 2. The van der Waals surface area contributed by atoms with E-state index in [1.807, 2.05) is 0 Å². The van der Waals surface area contributed by atoms with Crippen LogP contribution in [0.15, 0.2) is 18.2 Å². The minimum Gasteiger partial charge on any atom is -0.365 e. The molecule has 0 saturated heterocycles. The lowest BCUT2D eigenvalue weighted by atomic mass is 9.87. The number of aryl methyl sites for hydroxylation is 1. The number of primary amides is 1. The van der Waals surface area contributed by atoms with Crippen LogP contribution in [0.4, 0.5) is 5.00 Å². The SMILES string of the molecule is C[C@H]1CCc2sc(NC(=O)c3cc(Cl)cc(Cl)c3)c(C(N)=O)c2C1. The molecule has 0 bridgehead atoms. The highest BCUT2D eigenvalue weighted by atomic mass is 35.5. The first kappa shape index (κ1) is 17.3. The molecule has 0 aliphatic heterocycles. The van der Waals surface area contributed by atoms with Gasteiger partial charge < -0.3 is 11.1 Å². The molecular formula is C17H16Cl2N2O2S. The van der Waals surface area contributed by atoms with Crippen molar-refractivity contribution < 1.29 is 9.59 Å². The first-order chi connectivity index (χ1) is 11.3. The largest absolute Gasteiger partial charge is 0.365 e. The zero-order valence-electron chi connectivity index (χ0n) is 13.0. The molecule has 0 saturated carbocycles. The third-order valence-corrected chi connectivity index (χ3v) is 5.75. The molecule has 2 amide bonds. The standard InChI is InChI=1S/C17H16Cl2N2O2S/c1-8-2-3-13-12(4-8)14(15(20)22)17(24-13)21-16(23)9-5-10(18)7-11(19)6-9/h5-8H,2-4H2,1H3,(H2,20,22)(H,21,23)/t8-/m0/s1. The second kappa shape index (κ2) is 6.75. The quantitative estimate of drug-likeness (QED) is 0.817. The second-order valence-corrected chi connectivity index (χ2v) is 8.01. The van der Waals surface area contributed by atoms with Crippen molar-refractivity contribution in [3.63, 3.8) is 0 Å². The fourth-order valence-corrected chi connectivity index (χ4v) is 4.74. The Bertz CT molecular complexity index is 812. The summed E-state index contributed by atoms with van der Waals surface area (Å²) >= 11 is 13.3. The number of rotatable bonds is 3. The van der Waals surface area contributed by atoms with Crippen molar-refractivity contribution in [2.45, 2.75) is 26.2 Å². The highest BCUT2D eigenvalue weighted by molar-refractivity contribution is 7.17. The summed E-state index contributed by atoms with van der Waals surface area (Å²) in [5, 5.41) is 4.05. The molecule has 4 nitrogen and oxygen atoms in total. The highest BCUT2D eigenvalue weighted by Crippen LogP contribution is 2.39. The van der Waals surface area contributed by atoms with Gasteiger partial charge in [-0.15, -0.1) is 11.3 Å². The van der Waals surface area contributed by atoms with E-state index in [1.165, 1.54) is 23.5 Å². The van der Waals surface area contributed by atoms with Crippen molar-refractivity contribution in [3.8, 4) is 0 Å². The number of anilines is 1. The Morgan fingerprint density at radius 1 is 1.25 bits per heavy atom. The van der Waals surface area contributed by atoms with Gasteiger partial charge in [-0.25, -0.2) is 0 Å². The number of carbonyl (C=O) groups excluding carboxylic acids is 2. The minimum atomic E-state index is -0.513. The fraction of sp³-hybridized carbons (Fsp3) is 0.294. The minimum absolute atomic E-state index is 0.336. The Labute approximate surface area is 153 Å². The lowest BCUT2D eigenvalue weighted by Crippen LogP contribution is -2.19. The number of fused-ring (bicyclic) bond motifs is 1. The van der Waals surface area contributed by atoms with Gasteiger partial charge in [-0.2, -0.15) is 0 Å². The summed E-state index contributed by atoms with van der Waals surface area (Å²) in [6.07, 6.45) is 2.78. The molecule has 1 heterocycles. The Hall–Kier alpha value is -1.56. The molecule has 1 aromatic carbocycles. The van der Waals surface area contributed by atoms with E-state index in [1.54, 1.807) is 6.07 Å². The van der Waals surface area contributed by atoms with Crippen LogP contribution in [0.1, 0.15) is 44.5 Å². The van der Waals surface area contributed by atoms with Crippen LogP contribution in [-0.4, -0.2) is 11.8 Å². The van der Waals surface area contributed by atoms with E-state index in [0.717, 1.165) is 29.7 Å². The maximum atomic E-state index is 12.5. The van der Waals surface area contributed by atoms with Crippen molar-refractivity contribution in [1.29, 1.82) is 0 Å². The van der Waals surface area contributed by atoms with Gasteiger partial charge in [0.25, 0.3) is 11.8 Å². The van der Waals surface area contributed by atoms with Gasteiger partial charge in [0.05, 0.1) is 5.56 Å². The van der Waals surface area contributed by atoms with Crippen LogP contribution >= 0.6 is 34.5 Å². The predicted octanol–water partition coefficient (Wildman–Crippen LogP) is 4.53. The number of nitrogens with two attached hydrogens (primary N) is 1. The molecule has 126 valence electrons. The normalized spacial score (nSPS) is 16.5. The van der Waals surface area contributed by atoms with Crippen molar-refractivity contribution >= 4 is 51.4 Å². The zero-order chi connectivity index (χ0) is 17.4. The lowest BCUT2D eigenvalue weighted by molar-refractivity contribution is 0.1000. The van der Waals surface area contributed by atoms with Crippen molar-refractivity contribution in [2.75, 3.05) is 5.32 Å². The number of thiophene rings is 1. The van der Waals surface area contributed by atoms with E-state index in [2.05, 4.69) is 12.2 Å². The van der Waals surface area contributed by atoms with E-state index < -0.39 is 5.91 Å². The first-order valence-corrected chi connectivity index (χ1v) is 9.14. The molecule has 0 spiro atoms. The van der Waals surface area contributed by atoms with Crippen molar-refractivity contribution in [2.24, 2.45) is 11.7 Å². The molecule has 7 heteroatoms. The van der Waals surface area contributed by atoms with Crippen LogP contribution in [0.25, 0.3) is 0 Å². The van der Waals surface area contributed by atoms with Crippen LogP contribution < -0.4 is 11.1 Å². The highest BCUT2D eigenvalue weighted by Gasteiger charge is 2.27. The van der Waals surface area contributed by atoms with Crippen LogP contribution in [-0.2, 0) is 12.8 Å². The second-order valence-electron chi connectivity index (χ2n) is 6.03. The van der Waals surface area contributed by atoms with E-state index in [9.17, 15) is 9.59 Å². The van der Waals surface area contributed by atoms with Crippen molar-refractivity contribution in [1.82, 2.24) is 0 Å². The number of carbonyl (C=O) groups is 2. The smallest absolute Gasteiger partial charge is 0.256 e. The third-order valence-electron chi connectivity index (χ3n) is 4.11. The topological polar surface area (TPSA) is 72.2 Å². The monoisotopic (exact) mass is 382 g/mol. The van der Waals surface area contributed by atoms with Gasteiger partial charge in [0.1, 0.15) is 5.00 Å². The molecule has 0 unspecified atom stereocenters. The molecule has 3 rings (SSSR count). The summed E-state index contributed by atoms with van der Waals surface area (Å²) < 4.78 is 0. The molecule has 1 aromatic heterocycles. The Morgan fingerprint density at radius 3 is 2.54 bits per heavy atom. The van der Waals surface area contributed by atoms with Gasteiger partial charge in [-0.05, 0) is 48.9 Å². The van der Waals surface area contributed by atoms with E-state index in [-0.39, 0.29) is 5.91 Å². The summed E-state index contributed by atoms with van der Waals surface area (Å²) in [5.74, 6) is -0.380. The Balaban J connectivity index is 1.95. The number of benzene rings is 1. The molecular weight excluding hydrogens is 367 g/mol. The Kier molecular flexibility index (Phi) is 4.85. The number of halogens is 2. The summed E-state index contributed by atoms with van der Waals surface area (Å²) in [5.41, 5.74) is 7.31. The molecule has 1 aliphatic carbocycles. The van der Waals surface area contributed by atoms with E-state index in [0.29, 0.717) is 32.1 Å². The fourth-order valence-electron chi connectivity index (χ4n) is 2.97. The molecule has 24 heavy (non-hydrogen) atoms. The lowest BCUT2D eigenvalue weighted by Gasteiger charge is -2.18. The van der Waals surface area contributed by atoms with Gasteiger partial charge in [-0.1, -0.05) is 30.1 Å². The van der Waals surface area contributed by atoms with E-state index in [4.69, 9.17) is 28.9 Å². The van der Waals surface area contributed by atoms with Crippen LogP contribution in [0.5, 0.6) is 0 Å². The average molecular weight is 383 g/mol. The predicted molar refractivity (Wildman–Crippen MR) is 98.4 cm³/mol. The van der Waals surface area contributed by atoms with Crippen LogP contribution in [0.3, 0.4) is 0 Å². The van der Waals surface area contributed by atoms with E-state index >= 15 is 0 Å². The summed E-state index contributed by atoms with van der Waals surface area (Å²) in [4.78, 5) is 25.5. The molecule has 0 radical (unpaired) electrons. The molecule has 1 aliphatic rings. The average Bonchev–Trinajstić information content (AvgIpc) is 2.83. The van der Waals surface area contributed by atoms with Crippen LogP contribution in [0.2, 0.25) is 10.0 Å². The summed E-state index contributed by atoms with van der Waals surface area (Å²) in [6, 6.07) is 4.62. The van der Waals surface area contributed by atoms with Gasteiger partial charge in [-0.3, -0.25) is 9.59 Å². The third kappa shape index (κ3) is 3.43. The number of hydrogen-bond acceptors (Lipinski definition) is 3. The van der Waals surface area contributed by atoms with Crippen molar-refractivity contribution in [3.05, 3.63) is 49.8 Å². The van der Waals surface area contributed by atoms with Gasteiger partial charge in [0, 0.05) is 20.5 Å². The first-order valence-electron chi connectivity index (χ1n) is 7.57. The number of hydrogen-bond donors (Lipinski definition) is 2. The van der Waals surface area contributed by atoms with Gasteiger partial charge in [0.15, 0.2) is 0 Å². The maximum Gasteiger partial charge on any atom is 0.256 e. The summed E-state index contributed by atoms with van der Waals surface area (Å²) in [6.45, 7) is 2.15. The van der Waals surface area contributed by atoms with Gasteiger partial charge >= 0.3 is 0 Å². The molecule has 1 atom stereocenters. The molecule has 2 aromatic rings. The summed E-state index contributed by atoms with van der Waals surface area (Å²) in [7, 11) is 0. The van der Waals surface area contributed by atoms with Gasteiger partial charge in [0.2, 0.25) is 0 Å². The maximum absolute atomic E-state index is 12.5. The Morgan fingerprint density at radius 2 is 1.92 bits per heavy atom. The number of nitrogens with one attached hydrogen (secondary N) is 1. The molecule has 0 fully saturated rings. The van der Waals surface area contributed by atoms with Crippen LogP contribution in [0, 0.1) is 5.92 Å². The zero-order valence-corrected chi connectivity index (χ0v) is 15.3. The molecule has 3 N–H and O–H groups in total.